The molecule has 178 valence electrons. The SMILES string of the molecule is C#CCOCCOCCOC[C@@H](Sc1[nH]c(=O)ncc1C)C(=O)NCc1ccc(OC)cc1. The summed E-state index contributed by atoms with van der Waals surface area (Å²) >= 11 is 1.22. The number of carbonyl (C=O) groups excluding carboxylic acids is 1. The van der Waals surface area contributed by atoms with Crippen LogP contribution in [0.25, 0.3) is 0 Å². The van der Waals surface area contributed by atoms with Gasteiger partial charge in [0, 0.05) is 12.7 Å². The lowest BCUT2D eigenvalue weighted by Crippen LogP contribution is -2.35. The van der Waals surface area contributed by atoms with E-state index >= 15 is 0 Å². The zero-order valence-electron chi connectivity index (χ0n) is 18.8. The predicted octanol–water partition coefficient (Wildman–Crippen LogP) is 1.55. The molecule has 1 heterocycles. The fourth-order valence-corrected chi connectivity index (χ4v) is 3.60. The van der Waals surface area contributed by atoms with Gasteiger partial charge in [-0.1, -0.05) is 29.8 Å². The van der Waals surface area contributed by atoms with E-state index in [-0.39, 0.29) is 19.1 Å². The third-order valence-electron chi connectivity index (χ3n) is 4.33. The molecule has 0 bridgehead atoms. The van der Waals surface area contributed by atoms with Crippen LogP contribution in [0.2, 0.25) is 0 Å². The van der Waals surface area contributed by atoms with Gasteiger partial charge in [0.1, 0.15) is 17.6 Å². The molecule has 2 N–H and O–H groups in total. The van der Waals surface area contributed by atoms with Gasteiger partial charge in [-0.05, 0) is 30.2 Å². The number of nitrogens with one attached hydrogen (secondary N) is 2. The number of terminal acetylenes is 1. The fourth-order valence-electron chi connectivity index (χ4n) is 2.58. The van der Waals surface area contributed by atoms with E-state index in [4.69, 9.17) is 25.4 Å². The first-order valence-electron chi connectivity index (χ1n) is 10.3. The molecule has 0 aliphatic carbocycles. The monoisotopic (exact) mass is 475 g/mol. The van der Waals surface area contributed by atoms with Crippen molar-refractivity contribution in [2.75, 3.05) is 46.8 Å². The van der Waals surface area contributed by atoms with E-state index in [0.29, 0.717) is 38.0 Å². The normalized spacial score (nSPS) is 11.5. The van der Waals surface area contributed by atoms with Crippen LogP contribution in [0.5, 0.6) is 5.75 Å². The van der Waals surface area contributed by atoms with E-state index in [0.717, 1.165) is 16.9 Å². The first kappa shape index (κ1) is 26.4. The lowest BCUT2D eigenvalue weighted by molar-refractivity contribution is -0.121. The third kappa shape index (κ3) is 10.1. The Balaban J connectivity index is 1.89. The zero-order chi connectivity index (χ0) is 23.9. The summed E-state index contributed by atoms with van der Waals surface area (Å²) in [6, 6.07) is 7.43. The number of aryl methyl sites for hydroxylation is 1. The molecule has 0 unspecified atom stereocenters. The van der Waals surface area contributed by atoms with Crippen LogP contribution in [0.3, 0.4) is 0 Å². The van der Waals surface area contributed by atoms with Gasteiger partial charge < -0.3 is 29.2 Å². The molecule has 0 saturated carbocycles. The van der Waals surface area contributed by atoms with E-state index in [1.165, 1.54) is 18.0 Å². The Morgan fingerprint density at radius 2 is 1.88 bits per heavy atom. The molecule has 1 amide bonds. The van der Waals surface area contributed by atoms with Gasteiger partial charge in [-0.25, -0.2) is 9.78 Å². The summed E-state index contributed by atoms with van der Waals surface area (Å²) in [7, 11) is 1.60. The van der Waals surface area contributed by atoms with E-state index < -0.39 is 10.9 Å². The quantitative estimate of drug-likeness (QED) is 0.173. The van der Waals surface area contributed by atoms with Crippen LogP contribution in [-0.4, -0.2) is 67.9 Å². The fraction of sp³-hybridized carbons (Fsp3) is 0.435. The van der Waals surface area contributed by atoms with Crippen molar-refractivity contribution in [3.63, 3.8) is 0 Å². The number of nitrogens with zero attached hydrogens (tertiary/aromatic N) is 1. The minimum atomic E-state index is -0.584. The number of benzene rings is 1. The highest BCUT2D eigenvalue weighted by molar-refractivity contribution is 8.00. The summed E-state index contributed by atoms with van der Waals surface area (Å²) in [6.07, 6.45) is 6.58. The Hall–Kier alpha value is -2.84. The van der Waals surface area contributed by atoms with Crippen molar-refractivity contribution in [1.82, 2.24) is 15.3 Å². The lowest BCUT2D eigenvalue weighted by Gasteiger charge is -2.17. The average Bonchev–Trinajstić information content (AvgIpc) is 2.83. The Morgan fingerprint density at radius 1 is 1.18 bits per heavy atom. The summed E-state index contributed by atoms with van der Waals surface area (Å²) < 4.78 is 21.3. The Bertz CT molecular complexity index is 958. The van der Waals surface area contributed by atoms with Crippen molar-refractivity contribution in [3.05, 3.63) is 52.1 Å². The highest BCUT2D eigenvalue weighted by Gasteiger charge is 2.22. The lowest BCUT2D eigenvalue weighted by atomic mass is 10.2. The summed E-state index contributed by atoms with van der Waals surface area (Å²) in [5.74, 6) is 2.91. The number of hydrogen-bond acceptors (Lipinski definition) is 8. The second-order valence-electron chi connectivity index (χ2n) is 6.82. The average molecular weight is 476 g/mol. The van der Waals surface area contributed by atoms with Crippen LogP contribution in [0.1, 0.15) is 11.1 Å². The zero-order valence-corrected chi connectivity index (χ0v) is 19.6. The van der Waals surface area contributed by atoms with E-state index in [2.05, 4.69) is 21.2 Å². The molecule has 1 atom stereocenters. The molecule has 2 rings (SSSR count). The molecule has 0 saturated heterocycles. The Labute approximate surface area is 197 Å². The first-order chi connectivity index (χ1) is 16.0. The highest BCUT2D eigenvalue weighted by Crippen LogP contribution is 2.24. The van der Waals surface area contributed by atoms with Gasteiger partial charge in [-0.3, -0.25) is 4.79 Å². The maximum atomic E-state index is 12.9. The number of H-pyrrole nitrogens is 1. The van der Waals surface area contributed by atoms with Crippen LogP contribution in [0, 0.1) is 19.3 Å². The van der Waals surface area contributed by atoms with Crippen LogP contribution in [-0.2, 0) is 25.5 Å². The van der Waals surface area contributed by atoms with Crippen LogP contribution < -0.4 is 15.7 Å². The van der Waals surface area contributed by atoms with Gasteiger partial charge >= 0.3 is 5.69 Å². The number of hydrogen-bond donors (Lipinski definition) is 2. The second-order valence-corrected chi connectivity index (χ2v) is 8.03. The molecular weight excluding hydrogens is 446 g/mol. The van der Waals surface area contributed by atoms with Crippen molar-refractivity contribution >= 4 is 17.7 Å². The van der Waals surface area contributed by atoms with E-state index in [9.17, 15) is 9.59 Å². The van der Waals surface area contributed by atoms with Crippen molar-refractivity contribution in [2.24, 2.45) is 0 Å². The van der Waals surface area contributed by atoms with Gasteiger partial charge in [0.25, 0.3) is 0 Å². The van der Waals surface area contributed by atoms with Gasteiger partial charge in [0.2, 0.25) is 5.91 Å². The van der Waals surface area contributed by atoms with Gasteiger partial charge in [0.15, 0.2) is 0 Å². The minimum absolute atomic E-state index is 0.139. The number of thioether (sulfide) groups is 1. The smallest absolute Gasteiger partial charge is 0.345 e. The number of aromatic nitrogens is 2. The summed E-state index contributed by atoms with van der Waals surface area (Å²) in [6.45, 7) is 4.04. The standard InChI is InChI=1S/C23H29N3O6S/c1-4-9-30-10-11-31-12-13-32-16-20(33-22-17(2)14-25-23(28)26-22)21(27)24-15-18-5-7-19(29-3)8-6-18/h1,5-8,14,20H,9-13,15-16H2,2-3H3,(H,24,27)(H,25,26,28)/t20-/m1/s1. The van der Waals surface area contributed by atoms with Crippen molar-refractivity contribution in [1.29, 1.82) is 0 Å². The number of carbonyl (C=O) groups is 1. The molecule has 0 radical (unpaired) electrons. The predicted molar refractivity (Wildman–Crippen MR) is 125 cm³/mol. The molecule has 0 fully saturated rings. The Morgan fingerprint density at radius 3 is 2.58 bits per heavy atom. The molecule has 9 nitrogen and oxygen atoms in total. The maximum absolute atomic E-state index is 12.9. The highest BCUT2D eigenvalue weighted by atomic mass is 32.2. The number of aromatic amines is 1. The molecular formula is C23H29N3O6S. The van der Waals surface area contributed by atoms with E-state index in [1.807, 2.05) is 31.2 Å². The van der Waals surface area contributed by atoms with Crippen LogP contribution in [0.15, 0.2) is 40.3 Å². The molecule has 10 heteroatoms. The van der Waals surface area contributed by atoms with Crippen LogP contribution >= 0.6 is 11.8 Å². The van der Waals surface area contributed by atoms with E-state index in [1.54, 1.807) is 7.11 Å². The van der Waals surface area contributed by atoms with Gasteiger partial charge in [-0.15, -0.1) is 6.42 Å². The van der Waals surface area contributed by atoms with Crippen LogP contribution in [0.4, 0.5) is 0 Å². The summed E-state index contributed by atoms with van der Waals surface area (Å²) in [4.78, 5) is 30.9. The third-order valence-corrected chi connectivity index (χ3v) is 5.63. The van der Waals surface area contributed by atoms with Crippen molar-refractivity contribution in [3.8, 4) is 18.1 Å². The first-order valence-corrected chi connectivity index (χ1v) is 11.2. The maximum Gasteiger partial charge on any atom is 0.345 e. The number of rotatable bonds is 15. The van der Waals surface area contributed by atoms with Gasteiger partial charge in [-0.2, -0.15) is 0 Å². The van der Waals surface area contributed by atoms with Gasteiger partial charge in [0.05, 0.1) is 45.2 Å². The topological polar surface area (TPSA) is 112 Å². The van der Waals surface area contributed by atoms with Crippen molar-refractivity contribution < 1.29 is 23.7 Å². The second kappa shape index (κ2) is 15.1. The number of methoxy groups -OCH3 is 1. The largest absolute Gasteiger partial charge is 0.497 e. The number of ether oxygens (including phenoxy) is 4. The molecule has 1 aromatic carbocycles. The molecule has 0 aliphatic heterocycles. The molecule has 0 aliphatic rings. The van der Waals surface area contributed by atoms with Crippen molar-refractivity contribution in [2.45, 2.75) is 23.7 Å². The molecule has 2 aromatic rings. The molecule has 33 heavy (non-hydrogen) atoms. The summed E-state index contributed by atoms with van der Waals surface area (Å²) in [5.41, 5.74) is 1.23. The summed E-state index contributed by atoms with van der Waals surface area (Å²) in [5, 5.41) is 2.91. The minimum Gasteiger partial charge on any atom is -0.497 e. The molecule has 1 aromatic heterocycles. The number of amides is 1. The Kier molecular flexibility index (Phi) is 12.1. The molecule has 0 spiro atoms.